The minimum Gasteiger partial charge on any atom is -0.507 e. The van der Waals surface area contributed by atoms with Crippen LogP contribution in [0.5, 0.6) is 34.5 Å². The van der Waals surface area contributed by atoms with E-state index in [9.17, 15) is 40.2 Å². The Morgan fingerprint density at radius 1 is 0.561 bits per heavy atom. The van der Waals surface area contributed by atoms with Gasteiger partial charge in [-0.1, -0.05) is 63.0 Å². The number of likely N-dealkylation sites (N-methyl/N-ethyl adjacent to an activating group) is 2. The van der Waals surface area contributed by atoms with Gasteiger partial charge in [0.1, 0.15) is 11.5 Å². The predicted molar refractivity (Wildman–Crippen MR) is 262 cm³/mol. The van der Waals surface area contributed by atoms with Gasteiger partial charge in [0.05, 0.1) is 34.9 Å². The molecule has 0 saturated carbocycles. The number of anilines is 2. The summed E-state index contributed by atoms with van der Waals surface area (Å²) in [6.07, 6.45) is 2.28. The molecule has 0 fully saturated rings. The molecule has 2 amide bonds. The van der Waals surface area contributed by atoms with E-state index in [0.29, 0.717) is 78.7 Å². The van der Waals surface area contributed by atoms with Gasteiger partial charge in [-0.3, -0.25) is 9.59 Å². The van der Waals surface area contributed by atoms with E-state index >= 15 is 0 Å². The van der Waals surface area contributed by atoms with E-state index in [1.165, 1.54) is 9.80 Å². The quantitative estimate of drug-likeness (QED) is 0.0465. The molecule has 0 bridgehead atoms. The Balaban J connectivity index is 1.37. The van der Waals surface area contributed by atoms with Crippen molar-refractivity contribution < 1.29 is 40.2 Å². The lowest BCUT2D eigenvalue weighted by atomic mass is 9.83. The first-order chi connectivity index (χ1) is 31.3. The molecule has 0 radical (unpaired) electrons. The molecule has 0 atom stereocenters. The summed E-state index contributed by atoms with van der Waals surface area (Å²) >= 11 is 12.6. The summed E-state index contributed by atoms with van der Waals surface area (Å²) in [5.41, 5.74) is 3.75. The number of rotatable bonds is 9. The van der Waals surface area contributed by atoms with E-state index in [2.05, 4.69) is 20.4 Å². The van der Waals surface area contributed by atoms with Gasteiger partial charge < -0.3 is 40.4 Å². The fourth-order valence-corrected chi connectivity index (χ4v) is 9.65. The van der Waals surface area contributed by atoms with Gasteiger partial charge in [0.25, 0.3) is 11.8 Å². The highest BCUT2D eigenvalue weighted by atomic mass is 35.5. The Hall–Kier alpha value is -7.16. The second-order valence-electron chi connectivity index (χ2n) is 16.8. The number of halogens is 2. The predicted octanol–water partition coefficient (Wildman–Crippen LogP) is 10.4. The van der Waals surface area contributed by atoms with Gasteiger partial charge in [0.2, 0.25) is 0 Å². The van der Waals surface area contributed by atoms with Crippen LogP contribution in [-0.4, -0.2) is 79.4 Å². The standard InChI is InChI=1S/C50H46Cl2N6O8/c1-9-57-33-13-11-25(51)17-27(33)41(49(57)65)55-53-19-31-39-29(35(21(3)4)47(63)43(31)59)15-23(7)37(45(39)61)38-24(8)16-30-36(22(5)6)48(64)44(60)32(40(30)46(38)62)20-54-56-42-28-18-26(52)12-14-34(28)58(10-2)50(42)66/h11-22,59-64H,9-10H2,1-8H3/b53-19+,54-20+,55-41-,56-42+. The third-order valence-electron chi connectivity index (χ3n) is 12.2. The first-order valence-electron chi connectivity index (χ1n) is 21.3. The Labute approximate surface area is 389 Å². The van der Waals surface area contributed by atoms with Crippen molar-refractivity contribution in [1.82, 2.24) is 0 Å². The minimum atomic E-state index is -0.606. The molecule has 6 N–H and O–H groups in total. The molecule has 66 heavy (non-hydrogen) atoms. The van der Waals surface area contributed by atoms with Crippen LogP contribution in [0.1, 0.15) is 97.9 Å². The molecule has 0 aromatic heterocycles. The number of hydrogen-bond donors (Lipinski definition) is 6. The number of hydrogen-bond acceptors (Lipinski definition) is 12. The van der Waals surface area contributed by atoms with Crippen LogP contribution >= 0.6 is 23.2 Å². The number of nitrogens with zero attached hydrogens (tertiary/aromatic N) is 6. The Kier molecular flexibility index (Phi) is 11.7. The number of carbonyl (C=O) groups is 2. The number of phenolic OH excluding ortho intramolecular Hbond substituents is 6. The zero-order valence-corrected chi connectivity index (χ0v) is 38.8. The molecule has 2 aliphatic rings. The molecule has 2 heterocycles. The molecular weight excluding hydrogens is 883 g/mol. The van der Waals surface area contributed by atoms with Gasteiger partial charge in [-0.15, -0.1) is 10.2 Å². The lowest BCUT2D eigenvalue weighted by Crippen LogP contribution is -2.29. The number of carbonyl (C=O) groups excluding carboxylic acids is 2. The minimum absolute atomic E-state index is 0.00247. The zero-order chi connectivity index (χ0) is 47.8. The summed E-state index contributed by atoms with van der Waals surface area (Å²) < 4.78 is 0. The third-order valence-corrected chi connectivity index (χ3v) is 12.7. The van der Waals surface area contributed by atoms with Crippen molar-refractivity contribution in [2.24, 2.45) is 20.4 Å². The molecule has 6 aromatic carbocycles. The fraction of sp³-hybridized carbons (Fsp3) is 0.240. The summed E-state index contributed by atoms with van der Waals surface area (Å²) in [6, 6.07) is 13.4. The van der Waals surface area contributed by atoms with Gasteiger partial charge in [-0.05, 0) is 97.8 Å². The Bertz CT molecular complexity index is 3030. The Morgan fingerprint density at radius 3 is 1.26 bits per heavy atom. The van der Waals surface area contributed by atoms with Crippen LogP contribution < -0.4 is 9.80 Å². The Morgan fingerprint density at radius 2 is 0.924 bits per heavy atom. The van der Waals surface area contributed by atoms with Crippen molar-refractivity contribution in [2.45, 2.75) is 67.2 Å². The second kappa shape index (κ2) is 17.0. The molecule has 16 heteroatoms. The highest BCUT2D eigenvalue weighted by Gasteiger charge is 2.35. The first-order valence-corrected chi connectivity index (χ1v) is 22.0. The highest BCUT2D eigenvalue weighted by molar-refractivity contribution is 6.55. The lowest BCUT2D eigenvalue weighted by molar-refractivity contribution is -0.112. The van der Waals surface area contributed by atoms with Crippen LogP contribution in [0, 0.1) is 13.8 Å². The van der Waals surface area contributed by atoms with E-state index in [0.717, 1.165) is 12.4 Å². The molecule has 0 aliphatic carbocycles. The van der Waals surface area contributed by atoms with E-state index in [4.69, 9.17) is 23.2 Å². The molecule has 0 spiro atoms. The van der Waals surface area contributed by atoms with Crippen LogP contribution in [0.25, 0.3) is 32.7 Å². The zero-order valence-electron chi connectivity index (χ0n) is 37.3. The summed E-state index contributed by atoms with van der Waals surface area (Å²) in [5, 5.41) is 89.9. The number of aromatic hydroxyl groups is 6. The smallest absolute Gasteiger partial charge is 0.279 e. The van der Waals surface area contributed by atoms with Gasteiger partial charge in [0.15, 0.2) is 34.4 Å². The van der Waals surface area contributed by atoms with E-state index in [-0.39, 0.29) is 56.3 Å². The molecule has 6 aromatic rings. The number of fused-ring (bicyclic) bond motifs is 4. The molecule has 2 aliphatic heterocycles. The normalized spacial score (nSPS) is 15.2. The summed E-state index contributed by atoms with van der Waals surface area (Å²) in [5.74, 6) is -4.41. The number of phenols is 6. The van der Waals surface area contributed by atoms with E-state index in [1.54, 1.807) is 62.4 Å². The molecule has 338 valence electrons. The second-order valence-corrected chi connectivity index (χ2v) is 17.7. The van der Waals surface area contributed by atoms with Gasteiger partial charge >= 0.3 is 0 Å². The van der Waals surface area contributed by atoms with Crippen LogP contribution in [0.4, 0.5) is 11.4 Å². The van der Waals surface area contributed by atoms with Crippen molar-refractivity contribution in [3.05, 3.63) is 103 Å². The van der Waals surface area contributed by atoms with Crippen LogP contribution in [0.15, 0.2) is 68.9 Å². The van der Waals surface area contributed by atoms with Crippen LogP contribution in [-0.2, 0) is 9.59 Å². The average Bonchev–Trinajstić information content (AvgIpc) is 3.67. The van der Waals surface area contributed by atoms with Crippen molar-refractivity contribution in [1.29, 1.82) is 0 Å². The maximum absolute atomic E-state index is 13.4. The van der Waals surface area contributed by atoms with Crippen LogP contribution in [0.2, 0.25) is 10.0 Å². The number of amides is 2. The summed E-state index contributed by atoms with van der Waals surface area (Å²) in [7, 11) is 0. The van der Waals surface area contributed by atoms with Crippen molar-refractivity contribution in [2.75, 3.05) is 22.9 Å². The largest absolute Gasteiger partial charge is 0.507 e. The monoisotopic (exact) mass is 928 g/mol. The van der Waals surface area contributed by atoms with Gasteiger partial charge in [0, 0.05) is 67.3 Å². The van der Waals surface area contributed by atoms with Crippen molar-refractivity contribution in [3.63, 3.8) is 0 Å². The topological polar surface area (TPSA) is 211 Å². The van der Waals surface area contributed by atoms with E-state index in [1.807, 2.05) is 41.5 Å². The van der Waals surface area contributed by atoms with Crippen molar-refractivity contribution >= 4 is 91.8 Å². The van der Waals surface area contributed by atoms with Gasteiger partial charge in [-0.25, -0.2) is 0 Å². The van der Waals surface area contributed by atoms with Crippen LogP contribution in [0.3, 0.4) is 0 Å². The molecule has 8 rings (SSSR count). The summed E-state index contributed by atoms with van der Waals surface area (Å²) in [6.45, 7) is 15.1. The highest BCUT2D eigenvalue weighted by Crippen LogP contribution is 2.54. The van der Waals surface area contributed by atoms with Crippen molar-refractivity contribution in [3.8, 4) is 45.6 Å². The molecule has 0 saturated heterocycles. The molecule has 14 nitrogen and oxygen atoms in total. The molecule has 0 unspecified atom stereocenters. The van der Waals surface area contributed by atoms with Gasteiger partial charge in [-0.2, -0.15) is 10.2 Å². The fourth-order valence-electron chi connectivity index (χ4n) is 9.31. The maximum Gasteiger partial charge on any atom is 0.279 e. The number of aryl methyl sites for hydroxylation is 2. The molecular formula is C50H46Cl2N6O8. The average molecular weight is 930 g/mol. The van der Waals surface area contributed by atoms with E-state index < -0.39 is 46.3 Å². The third kappa shape index (κ3) is 7.02. The first kappa shape index (κ1) is 45.4. The number of benzene rings is 6. The maximum atomic E-state index is 13.4. The SMILES string of the molecule is CCN1C(=O)/C(=N\N=C\c2c(O)c(O)c(C(C)C)c3cc(C)c(-c4c(C)cc5c(C(C)C)c(O)c(O)c(/C=N/N=C6/C(=O)N(CC)c7ccc(Cl)cc76)c5c4O)c(O)c23)c2cc(Cl)ccc21. The lowest BCUT2D eigenvalue weighted by Gasteiger charge is -2.23. The summed E-state index contributed by atoms with van der Waals surface area (Å²) in [4.78, 5) is 29.9.